The van der Waals surface area contributed by atoms with Crippen molar-refractivity contribution in [3.8, 4) is 0 Å². The van der Waals surface area contributed by atoms with Crippen LogP contribution < -0.4 is 0 Å². The summed E-state index contributed by atoms with van der Waals surface area (Å²) in [7, 11) is 0. The zero-order valence-electron chi connectivity index (χ0n) is 9.25. The van der Waals surface area contributed by atoms with Gasteiger partial charge in [0.1, 0.15) is 5.78 Å². The van der Waals surface area contributed by atoms with E-state index in [0.29, 0.717) is 5.78 Å². The molecule has 0 N–H and O–H groups in total. The van der Waals surface area contributed by atoms with Crippen LogP contribution in [0.15, 0.2) is 23.1 Å². The number of thioether (sulfide) groups is 1. The summed E-state index contributed by atoms with van der Waals surface area (Å²) in [5.41, 5.74) is 2.63. The Morgan fingerprint density at radius 1 is 1.27 bits per heavy atom. The number of Topliss-reactive ketones (excluding diaryl/α,β-unsaturated/α-hetero) is 1. The number of benzene rings is 1. The van der Waals surface area contributed by atoms with Gasteiger partial charge in [0, 0.05) is 11.3 Å². The number of aryl methyl sites for hydroxylation is 2. The number of hydrogen-bond donors (Lipinski definition) is 0. The highest BCUT2D eigenvalue weighted by Gasteiger charge is 2.25. The molecule has 0 aliphatic heterocycles. The van der Waals surface area contributed by atoms with Gasteiger partial charge < -0.3 is 0 Å². The predicted octanol–water partition coefficient (Wildman–Crippen LogP) is 3.52. The van der Waals surface area contributed by atoms with Crippen LogP contribution in [-0.2, 0) is 4.79 Å². The number of ketones is 1. The van der Waals surface area contributed by atoms with Crippen molar-refractivity contribution in [3.05, 3.63) is 29.3 Å². The lowest BCUT2D eigenvalue weighted by atomic mass is 10.1. The molecule has 1 saturated carbocycles. The molecule has 1 fully saturated rings. The monoisotopic (exact) mass is 220 g/mol. The Bertz CT molecular complexity index is 384. The Labute approximate surface area is 95.3 Å². The summed E-state index contributed by atoms with van der Waals surface area (Å²) in [6.07, 6.45) is 2.90. The summed E-state index contributed by atoms with van der Waals surface area (Å²) in [6, 6.07) is 6.45. The predicted molar refractivity (Wildman–Crippen MR) is 64.4 cm³/mol. The third kappa shape index (κ3) is 2.43. The van der Waals surface area contributed by atoms with Crippen molar-refractivity contribution in [2.24, 2.45) is 0 Å². The summed E-state index contributed by atoms with van der Waals surface area (Å²) >= 11 is 1.73. The SMILES string of the molecule is Cc1ccc(SC2CCCC2=O)cc1C. The summed E-state index contributed by atoms with van der Waals surface area (Å²) in [5.74, 6) is 0.429. The summed E-state index contributed by atoms with van der Waals surface area (Å²) < 4.78 is 0. The minimum absolute atomic E-state index is 0.215. The van der Waals surface area contributed by atoms with E-state index in [-0.39, 0.29) is 5.25 Å². The van der Waals surface area contributed by atoms with Crippen LogP contribution in [0, 0.1) is 13.8 Å². The van der Waals surface area contributed by atoms with E-state index in [1.165, 1.54) is 16.0 Å². The summed E-state index contributed by atoms with van der Waals surface area (Å²) in [6.45, 7) is 4.24. The smallest absolute Gasteiger partial charge is 0.146 e. The van der Waals surface area contributed by atoms with Gasteiger partial charge in [0.25, 0.3) is 0 Å². The Hall–Kier alpha value is -0.760. The molecule has 1 unspecified atom stereocenters. The molecule has 0 aromatic heterocycles. The summed E-state index contributed by atoms with van der Waals surface area (Å²) in [4.78, 5) is 12.7. The molecule has 1 aromatic carbocycles. The molecule has 1 atom stereocenters. The van der Waals surface area contributed by atoms with E-state index < -0.39 is 0 Å². The van der Waals surface area contributed by atoms with Crippen molar-refractivity contribution in [1.29, 1.82) is 0 Å². The molecule has 1 aliphatic carbocycles. The second-order valence-electron chi connectivity index (χ2n) is 4.21. The zero-order chi connectivity index (χ0) is 10.8. The number of hydrogen-bond acceptors (Lipinski definition) is 2. The van der Waals surface area contributed by atoms with E-state index in [4.69, 9.17) is 0 Å². The van der Waals surface area contributed by atoms with Gasteiger partial charge in [-0.25, -0.2) is 0 Å². The van der Waals surface area contributed by atoms with Gasteiger partial charge >= 0.3 is 0 Å². The molecule has 2 rings (SSSR count). The number of carbonyl (C=O) groups is 1. The first-order valence-electron chi connectivity index (χ1n) is 5.43. The van der Waals surface area contributed by atoms with Crippen LogP contribution in [0.3, 0.4) is 0 Å². The van der Waals surface area contributed by atoms with Crippen LogP contribution in [-0.4, -0.2) is 11.0 Å². The molecule has 0 bridgehead atoms. The van der Waals surface area contributed by atoms with E-state index in [1.807, 2.05) is 0 Å². The van der Waals surface area contributed by atoms with Crippen LogP contribution in [0.25, 0.3) is 0 Å². The van der Waals surface area contributed by atoms with Gasteiger partial charge in [-0.3, -0.25) is 4.79 Å². The topological polar surface area (TPSA) is 17.1 Å². The first kappa shape index (κ1) is 10.7. The van der Waals surface area contributed by atoms with E-state index in [1.54, 1.807) is 11.8 Å². The fourth-order valence-corrected chi connectivity index (χ4v) is 3.11. The van der Waals surface area contributed by atoms with E-state index in [2.05, 4.69) is 32.0 Å². The van der Waals surface area contributed by atoms with Gasteiger partial charge in [-0.15, -0.1) is 11.8 Å². The van der Waals surface area contributed by atoms with E-state index in [0.717, 1.165) is 19.3 Å². The Kier molecular flexibility index (Phi) is 3.15. The fourth-order valence-electron chi connectivity index (χ4n) is 1.86. The maximum Gasteiger partial charge on any atom is 0.146 e. The Morgan fingerprint density at radius 3 is 2.67 bits per heavy atom. The lowest BCUT2D eigenvalue weighted by Gasteiger charge is -2.09. The van der Waals surface area contributed by atoms with Crippen LogP contribution in [0.1, 0.15) is 30.4 Å². The molecule has 0 radical (unpaired) electrons. The Balaban J connectivity index is 2.10. The van der Waals surface area contributed by atoms with Crippen LogP contribution in [0.4, 0.5) is 0 Å². The lowest BCUT2D eigenvalue weighted by molar-refractivity contribution is -0.116. The highest BCUT2D eigenvalue weighted by molar-refractivity contribution is 8.00. The third-order valence-electron chi connectivity index (χ3n) is 3.01. The molecule has 15 heavy (non-hydrogen) atoms. The van der Waals surface area contributed by atoms with Gasteiger partial charge in [-0.2, -0.15) is 0 Å². The maximum absolute atomic E-state index is 11.5. The van der Waals surface area contributed by atoms with Crippen LogP contribution in [0.5, 0.6) is 0 Å². The fraction of sp³-hybridized carbons (Fsp3) is 0.462. The second kappa shape index (κ2) is 4.40. The molecule has 80 valence electrons. The van der Waals surface area contributed by atoms with Gasteiger partial charge in [-0.1, -0.05) is 6.07 Å². The van der Waals surface area contributed by atoms with Crippen molar-refractivity contribution in [1.82, 2.24) is 0 Å². The first-order valence-corrected chi connectivity index (χ1v) is 6.31. The molecule has 1 aromatic rings. The molecular weight excluding hydrogens is 204 g/mol. The van der Waals surface area contributed by atoms with Crippen molar-refractivity contribution in [2.75, 3.05) is 0 Å². The second-order valence-corrected chi connectivity index (χ2v) is 5.49. The average molecular weight is 220 g/mol. The normalized spacial score (nSPS) is 20.9. The highest BCUT2D eigenvalue weighted by atomic mass is 32.2. The van der Waals surface area contributed by atoms with Crippen molar-refractivity contribution < 1.29 is 4.79 Å². The van der Waals surface area contributed by atoms with Crippen molar-refractivity contribution in [3.63, 3.8) is 0 Å². The molecule has 0 heterocycles. The zero-order valence-corrected chi connectivity index (χ0v) is 10.1. The average Bonchev–Trinajstić information content (AvgIpc) is 2.59. The van der Waals surface area contributed by atoms with E-state index in [9.17, 15) is 4.79 Å². The van der Waals surface area contributed by atoms with Gasteiger partial charge in [0.2, 0.25) is 0 Å². The summed E-state index contributed by atoms with van der Waals surface area (Å²) in [5, 5.41) is 0.215. The number of carbonyl (C=O) groups excluding carboxylic acids is 1. The van der Waals surface area contributed by atoms with Crippen LogP contribution in [0.2, 0.25) is 0 Å². The molecule has 0 spiro atoms. The van der Waals surface area contributed by atoms with E-state index >= 15 is 0 Å². The van der Waals surface area contributed by atoms with Crippen LogP contribution >= 0.6 is 11.8 Å². The largest absolute Gasteiger partial charge is 0.298 e. The molecule has 0 amide bonds. The molecule has 1 nitrogen and oxygen atoms in total. The number of rotatable bonds is 2. The molecule has 1 aliphatic rings. The van der Waals surface area contributed by atoms with Gasteiger partial charge in [0.15, 0.2) is 0 Å². The molecule has 2 heteroatoms. The Morgan fingerprint density at radius 2 is 2.07 bits per heavy atom. The quantitative estimate of drug-likeness (QED) is 0.758. The minimum atomic E-state index is 0.215. The first-order chi connectivity index (χ1) is 7.16. The minimum Gasteiger partial charge on any atom is -0.298 e. The molecular formula is C13H16OS. The maximum atomic E-state index is 11.5. The van der Waals surface area contributed by atoms with Crippen molar-refractivity contribution >= 4 is 17.5 Å². The highest BCUT2D eigenvalue weighted by Crippen LogP contribution is 2.33. The van der Waals surface area contributed by atoms with Gasteiger partial charge in [-0.05, 0) is 49.9 Å². The molecule has 0 saturated heterocycles. The standard InChI is InChI=1S/C13H16OS/c1-9-6-7-11(8-10(9)2)15-13-5-3-4-12(13)14/h6-8,13H,3-5H2,1-2H3. The lowest BCUT2D eigenvalue weighted by Crippen LogP contribution is -2.07. The van der Waals surface area contributed by atoms with Crippen molar-refractivity contribution in [2.45, 2.75) is 43.3 Å². The third-order valence-corrected chi connectivity index (χ3v) is 4.31. The van der Waals surface area contributed by atoms with Gasteiger partial charge in [0.05, 0.1) is 5.25 Å².